The summed E-state index contributed by atoms with van der Waals surface area (Å²) in [6.07, 6.45) is 3.42. The summed E-state index contributed by atoms with van der Waals surface area (Å²) in [5.74, 6) is 6.63. The third-order valence-corrected chi connectivity index (χ3v) is 7.29. The molecule has 1 saturated heterocycles. The molecule has 5 rings (SSSR count). The molecule has 10 nitrogen and oxygen atoms in total. The summed E-state index contributed by atoms with van der Waals surface area (Å²) in [6.45, 7) is 6.79. The zero-order valence-corrected chi connectivity index (χ0v) is 22.1. The number of pyridine rings is 1. The standard InChI is InChI=1S/C27H27N7O3S/c1-4-6-22(35)34-14-5-7-19(15-34)30-25-23-21(12-13-28-24(23)32-33-25)37-20-10-8-18(9-11-20)26(36)31-27-29-16(2)17(3)38-27/h8-13,19H,5,7,14-15H2,1-3H3,(H,29,31,36)(H2,28,30,32,33)/t19-/m1/s1. The molecule has 2 amide bonds. The van der Waals surface area contributed by atoms with Crippen LogP contribution in [-0.4, -0.2) is 56.0 Å². The number of likely N-dealkylation sites (tertiary alicyclic amines) is 1. The summed E-state index contributed by atoms with van der Waals surface area (Å²) in [7, 11) is 0. The first-order valence-corrected chi connectivity index (χ1v) is 13.1. The van der Waals surface area contributed by atoms with Gasteiger partial charge in [0.15, 0.2) is 16.6 Å². The number of carbonyl (C=O) groups excluding carboxylic acids is 2. The van der Waals surface area contributed by atoms with Crippen molar-refractivity contribution in [3.8, 4) is 23.3 Å². The van der Waals surface area contributed by atoms with Crippen LogP contribution < -0.4 is 15.4 Å². The number of thiazole rings is 1. The van der Waals surface area contributed by atoms with Gasteiger partial charge < -0.3 is 15.0 Å². The highest BCUT2D eigenvalue weighted by atomic mass is 32.1. The molecular formula is C27H27N7O3S. The van der Waals surface area contributed by atoms with E-state index in [1.165, 1.54) is 11.3 Å². The zero-order valence-electron chi connectivity index (χ0n) is 21.3. The predicted octanol–water partition coefficient (Wildman–Crippen LogP) is 4.50. The SMILES string of the molecule is CC#CC(=O)N1CCC[C@@H](Nc2n[nH]c3nccc(Oc4ccc(C(=O)Nc5nc(C)c(C)s5)cc4)c23)C1. The summed E-state index contributed by atoms with van der Waals surface area (Å²) in [5, 5.41) is 14.9. The van der Waals surface area contributed by atoms with E-state index in [-0.39, 0.29) is 17.9 Å². The van der Waals surface area contributed by atoms with Crippen molar-refractivity contribution in [2.45, 2.75) is 39.7 Å². The first-order valence-electron chi connectivity index (χ1n) is 12.3. The van der Waals surface area contributed by atoms with Gasteiger partial charge in [0.05, 0.1) is 5.69 Å². The fraction of sp³-hybridized carbons (Fsp3) is 0.296. The molecule has 194 valence electrons. The van der Waals surface area contributed by atoms with E-state index in [0.717, 1.165) is 23.4 Å². The zero-order chi connectivity index (χ0) is 26.6. The quantitative estimate of drug-likeness (QED) is 0.314. The molecule has 4 aromatic rings. The van der Waals surface area contributed by atoms with Crippen molar-refractivity contribution in [3.63, 3.8) is 0 Å². The molecule has 3 aromatic heterocycles. The van der Waals surface area contributed by atoms with E-state index in [4.69, 9.17) is 4.74 Å². The average Bonchev–Trinajstić information content (AvgIpc) is 3.47. The molecule has 0 unspecified atom stereocenters. The summed E-state index contributed by atoms with van der Waals surface area (Å²) in [6, 6.07) is 8.69. The molecule has 3 N–H and O–H groups in total. The number of H-pyrrole nitrogens is 1. The molecule has 1 aliphatic rings. The number of aromatic nitrogens is 4. The molecule has 38 heavy (non-hydrogen) atoms. The number of amides is 2. The lowest BCUT2D eigenvalue weighted by Gasteiger charge is -2.32. The highest BCUT2D eigenvalue weighted by Gasteiger charge is 2.24. The number of aromatic amines is 1. The van der Waals surface area contributed by atoms with E-state index in [1.807, 2.05) is 13.8 Å². The molecule has 0 radical (unpaired) electrons. The van der Waals surface area contributed by atoms with Crippen LogP contribution in [0, 0.1) is 25.7 Å². The second-order valence-electron chi connectivity index (χ2n) is 8.96. The summed E-state index contributed by atoms with van der Waals surface area (Å²) >= 11 is 1.45. The van der Waals surface area contributed by atoms with Gasteiger partial charge in [-0.3, -0.25) is 20.0 Å². The molecule has 11 heteroatoms. The number of fused-ring (bicyclic) bond motifs is 1. The van der Waals surface area contributed by atoms with Gasteiger partial charge in [0, 0.05) is 41.8 Å². The van der Waals surface area contributed by atoms with Crippen LogP contribution >= 0.6 is 11.3 Å². The van der Waals surface area contributed by atoms with Crippen molar-refractivity contribution in [1.82, 2.24) is 25.1 Å². The maximum Gasteiger partial charge on any atom is 0.298 e. The Morgan fingerprint density at radius 1 is 1.21 bits per heavy atom. The van der Waals surface area contributed by atoms with E-state index in [9.17, 15) is 9.59 Å². The normalized spacial score (nSPS) is 15.0. The smallest absolute Gasteiger partial charge is 0.298 e. The average molecular weight is 530 g/mol. The number of aryl methyl sites for hydroxylation is 2. The Bertz CT molecular complexity index is 1530. The monoisotopic (exact) mass is 529 g/mol. The molecule has 0 saturated carbocycles. The van der Waals surface area contributed by atoms with Crippen LogP contribution in [0.5, 0.6) is 11.5 Å². The molecule has 0 spiro atoms. The van der Waals surface area contributed by atoms with Crippen molar-refractivity contribution in [2.75, 3.05) is 23.7 Å². The van der Waals surface area contributed by atoms with Crippen molar-refractivity contribution < 1.29 is 14.3 Å². The fourth-order valence-electron chi connectivity index (χ4n) is 4.27. The topological polar surface area (TPSA) is 125 Å². The first-order chi connectivity index (χ1) is 18.4. The van der Waals surface area contributed by atoms with Crippen LogP contribution in [0.2, 0.25) is 0 Å². The van der Waals surface area contributed by atoms with Gasteiger partial charge in [-0.1, -0.05) is 5.92 Å². The maximum atomic E-state index is 12.6. The van der Waals surface area contributed by atoms with Crippen LogP contribution in [0.25, 0.3) is 11.0 Å². The lowest BCUT2D eigenvalue weighted by atomic mass is 10.1. The lowest BCUT2D eigenvalue weighted by molar-refractivity contribution is -0.126. The number of benzene rings is 1. The predicted molar refractivity (Wildman–Crippen MR) is 147 cm³/mol. The summed E-state index contributed by atoms with van der Waals surface area (Å²) in [5.41, 5.74) is 1.99. The van der Waals surface area contributed by atoms with Gasteiger partial charge >= 0.3 is 0 Å². The van der Waals surface area contributed by atoms with Crippen LogP contribution in [0.4, 0.5) is 10.9 Å². The Morgan fingerprint density at radius 2 is 2.03 bits per heavy atom. The van der Waals surface area contributed by atoms with E-state index in [1.54, 1.807) is 48.4 Å². The number of nitrogens with zero attached hydrogens (tertiary/aromatic N) is 4. The van der Waals surface area contributed by atoms with Crippen molar-refractivity contribution in [2.24, 2.45) is 0 Å². The molecule has 0 bridgehead atoms. The summed E-state index contributed by atoms with van der Waals surface area (Å²) < 4.78 is 6.18. The highest BCUT2D eigenvalue weighted by Crippen LogP contribution is 2.33. The van der Waals surface area contributed by atoms with E-state index in [0.29, 0.717) is 52.1 Å². The van der Waals surface area contributed by atoms with Crippen LogP contribution in [0.1, 0.15) is 40.7 Å². The number of hydrogen-bond donors (Lipinski definition) is 3. The Labute approximate surface area is 223 Å². The van der Waals surface area contributed by atoms with Crippen LogP contribution in [0.3, 0.4) is 0 Å². The minimum absolute atomic E-state index is 0.0223. The van der Waals surface area contributed by atoms with Gasteiger partial charge in [-0.05, 0) is 63.8 Å². The number of nitrogens with one attached hydrogen (secondary N) is 3. The van der Waals surface area contributed by atoms with Gasteiger partial charge in [-0.25, -0.2) is 9.97 Å². The van der Waals surface area contributed by atoms with Gasteiger partial charge in [-0.2, -0.15) is 5.10 Å². The molecular weight excluding hydrogens is 502 g/mol. The third-order valence-electron chi connectivity index (χ3n) is 6.30. The van der Waals surface area contributed by atoms with Crippen molar-refractivity contribution >= 4 is 45.1 Å². The van der Waals surface area contributed by atoms with Gasteiger partial charge in [-0.15, -0.1) is 11.3 Å². The highest BCUT2D eigenvalue weighted by molar-refractivity contribution is 7.15. The van der Waals surface area contributed by atoms with Gasteiger partial charge in [0.1, 0.15) is 16.9 Å². The number of ether oxygens (including phenoxy) is 1. The lowest BCUT2D eigenvalue weighted by Crippen LogP contribution is -2.44. The number of anilines is 2. The van der Waals surface area contributed by atoms with Crippen LogP contribution in [0.15, 0.2) is 36.5 Å². The molecule has 1 fully saturated rings. The van der Waals surface area contributed by atoms with Crippen molar-refractivity contribution in [1.29, 1.82) is 0 Å². The molecule has 4 heterocycles. The number of rotatable bonds is 6. The van der Waals surface area contributed by atoms with Gasteiger partial charge in [0.2, 0.25) is 0 Å². The van der Waals surface area contributed by atoms with Crippen molar-refractivity contribution in [3.05, 3.63) is 52.7 Å². The minimum Gasteiger partial charge on any atom is -0.456 e. The second kappa shape index (κ2) is 10.9. The Hall–Kier alpha value is -4.43. The minimum atomic E-state index is -0.233. The molecule has 1 aromatic carbocycles. The molecule has 0 aliphatic carbocycles. The number of piperidine rings is 1. The summed E-state index contributed by atoms with van der Waals surface area (Å²) in [4.78, 5) is 36.4. The van der Waals surface area contributed by atoms with E-state index >= 15 is 0 Å². The third kappa shape index (κ3) is 5.45. The van der Waals surface area contributed by atoms with E-state index < -0.39 is 0 Å². The largest absolute Gasteiger partial charge is 0.456 e. The molecule has 1 aliphatic heterocycles. The number of hydrogen-bond acceptors (Lipinski definition) is 8. The van der Waals surface area contributed by atoms with Crippen LogP contribution in [-0.2, 0) is 4.79 Å². The van der Waals surface area contributed by atoms with E-state index in [2.05, 4.69) is 42.6 Å². The maximum absolute atomic E-state index is 12.6. The number of carbonyl (C=O) groups is 2. The Kier molecular flexibility index (Phi) is 7.24. The van der Waals surface area contributed by atoms with Gasteiger partial charge in [0.25, 0.3) is 11.8 Å². The Morgan fingerprint density at radius 3 is 2.76 bits per heavy atom. The molecule has 1 atom stereocenters. The Balaban J connectivity index is 1.30. The first kappa shape index (κ1) is 25.2. The second-order valence-corrected chi connectivity index (χ2v) is 10.2. The fourth-order valence-corrected chi connectivity index (χ4v) is 5.08.